The van der Waals surface area contributed by atoms with Gasteiger partial charge in [0.15, 0.2) is 0 Å². The highest BCUT2D eigenvalue weighted by Gasteiger charge is 2.35. The van der Waals surface area contributed by atoms with Crippen molar-refractivity contribution < 1.29 is 14.7 Å². The number of aromatic nitrogens is 2. The highest BCUT2D eigenvalue weighted by molar-refractivity contribution is 5.97. The summed E-state index contributed by atoms with van der Waals surface area (Å²) < 4.78 is 1.69. The molecule has 2 heterocycles. The molecule has 6 heteroatoms. The van der Waals surface area contributed by atoms with Gasteiger partial charge in [-0.2, -0.15) is 5.10 Å². The first-order chi connectivity index (χ1) is 10.6. The highest BCUT2D eigenvalue weighted by atomic mass is 16.4. The van der Waals surface area contributed by atoms with Crippen LogP contribution in [0.4, 0.5) is 0 Å². The lowest BCUT2D eigenvalue weighted by atomic mass is 10.2. The minimum atomic E-state index is -0.945. The minimum Gasteiger partial charge on any atom is -0.480 e. The fourth-order valence-corrected chi connectivity index (χ4v) is 2.87. The van der Waals surface area contributed by atoms with Gasteiger partial charge in [-0.1, -0.05) is 18.2 Å². The van der Waals surface area contributed by atoms with E-state index in [4.69, 9.17) is 0 Å². The van der Waals surface area contributed by atoms with E-state index in [1.807, 2.05) is 37.3 Å². The number of hydrogen-bond acceptors (Lipinski definition) is 3. The van der Waals surface area contributed by atoms with E-state index in [1.54, 1.807) is 4.68 Å². The summed E-state index contributed by atoms with van der Waals surface area (Å²) in [5.41, 5.74) is 2.04. The van der Waals surface area contributed by atoms with E-state index in [2.05, 4.69) is 5.10 Å². The third kappa shape index (κ3) is 2.36. The first-order valence-electron chi connectivity index (χ1n) is 7.23. The van der Waals surface area contributed by atoms with E-state index in [9.17, 15) is 14.7 Å². The van der Waals surface area contributed by atoms with Gasteiger partial charge >= 0.3 is 5.97 Å². The minimum absolute atomic E-state index is 0.260. The second-order valence-electron chi connectivity index (χ2n) is 5.39. The molecular weight excluding hydrogens is 282 g/mol. The molecule has 1 aromatic carbocycles. The van der Waals surface area contributed by atoms with Gasteiger partial charge in [-0.25, -0.2) is 9.48 Å². The number of carboxylic acids is 1. The number of carbonyl (C=O) groups is 2. The molecule has 1 aliphatic heterocycles. The molecule has 0 radical (unpaired) electrons. The van der Waals surface area contributed by atoms with Gasteiger partial charge < -0.3 is 10.0 Å². The summed E-state index contributed by atoms with van der Waals surface area (Å²) >= 11 is 0. The van der Waals surface area contributed by atoms with Crippen LogP contribution < -0.4 is 0 Å². The summed E-state index contributed by atoms with van der Waals surface area (Å²) in [6.45, 7) is 2.30. The fourth-order valence-electron chi connectivity index (χ4n) is 2.87. The van der Waals surface area contributed by atoms with Crippen molar-refractivity contribution in [2.75, 3.05) is 6.54 Å². The predicted octanol–water partition coefficient (Wildman–Crippen LogP) is 1.87. The van der Waals surface area contributed by atoms with Crippen LogP contribution >= 0.6 is 0 Å². The lowest BCUT2D eigenvalue weighted by Crippen LogP contribution is -2.40. The van der Waals surface area contributed by atoms with Crippen molar-refractivity contribution in [3.05, 3.63) is 47.8 Å². The van der Waals surface area contributed by atoms with Gasteiger partial charge in [-0.05, 0) is 31.9 Å². The number of nitrogens with zero attached hydrogens (tertiary/aromatic N) is 3. The maximum Gasteiger partial charge on any atom is 0.326 e. The average Bonchev–Trinajstić information content (AvgIpc) is 3.14. The Hall–Kier alpha value is -2.63. The molecule has 2 aromatic rings. The molecule has 1 aromatic heterocycles. The molecule has 1 fully saturated rings. The maximum absolute atomic E-state index is 12.6. The zero-order valence-corrected chi connectivity index (χ0v) is 12.3. The normalized spacial score (nSPS) is 17.7. The van der Waals surface area contributed by atoms with Gasteiger partial charge in [0.25, 0.3) is 5.91 Å². The third-order valence-electron chi connectivity index (χ3n) is 4.04. The number of amides is 1. The third-order valence-corrected chi connectivity index (χ3v) is 4.04. The SMILES string of the molecule is Cc1c(C(=O)N2CCC[C@H]2C(=O)O)cnn1-c1ccccc1. The Morgan fingerprint density at radius 2 is 2.00 bits per heavy atom. The molecule has 114 valence electrons. The topological polar surface area (TPSA) is 75.4 Å². The fraction of sp³-hybridized carbons (Fsp3) is 0.312. The molecule has 3 rings (SSSR count). The molecule has 1 N–H and O–H groups in total. The Labute approximate surface area is 128 Å². The molecule has 0 unspecified atom stereocenters. The lowest BCUT2D eigenvalue weighted by Gasteiger charge is -2.21. The van der Waals surface area contributed by atoms with Gasteiger partial charge in [0.1, 0.15) is 6.04 Å². The zero-order chi connectivity index (χ0) is 15.7. The number of para-hydroxylation sites is 1. The van der Waals surface area contributed by atoms with Crippen LogP contribution in [0.15, 0.2) is 36.5 Å². The van der Waals surface area contributed by atoms with Gasteiger partial charge in [0, 0.05) is 6.54 Å². The van der Waals surface area contributed by atoms with Crippen LogP contribution in [0.3, 0.4) is 0 Å². The zero-order valence-electron chi connectivity index (χ0n) is 12.3. The molecule has 1 amide bonds. The monoisotopic (exact) mass is 299 g/mol. The summed E-state index contributed by atoms with van der Waals surface area (Å²) in [6, 6.07) is 8.80. The summed E-state index contributed by atoms with van der Waals surface area (Å²) in [5.74, 6) is -1.21. The molecule has 22 heavy (non-hydrogen) atoms. The summed E-state index contributed by atoms with van der Waals surface area (Å²) in [5, 5.41) is 13.5. The quantitative estimate of drug-likeness (QED) is 0.938. The summed E-state index contributed by atoms with van der Waals surface area (Å²) in [7, 11) is 0. The number of benzene rings is 1. The molecule has 6 nitrogen and oxygen atoms in total. The van der Waals surface area contributed by atoms with E-state index >= 15 is 0 Å². The van der Waals surface area contributed by atoms with Crippen LogP contribution in [-0.4, -0.2) is 44.3 Å². The van der Waals surface area contributed by atoms with Crippen LogP contribution in [-0.2, 0) is 4.79 Å². The number of carbonyl (C=O) groups excluding carboxylic acids is 1. The maximum atomic E-state index is 12.6. The molecule has 0 spiro atoms. The molecule has 1 atom stereocenters. The van der Waals surface area contributed by atoms with Crippen molar-refractivity contribution in [3.63, 3.8) is 0 Å². The van der Waals surface area contributed by atoms with Crippen molar-refractivity contribution in [2.24, 2.45) is 0 Å². The van der Waals surface area contributed by atoms with Crippen LogP contribution in [0.5, 0.6) is 0 Å². The Morgan fingerprint density at radius 1 is 1.27 bits per heavy atom. The second-order valence-corrected chi connectivity index (χ2v) is 5.39. The van der Waals surface area contributed by atoms with Crippen molar-refractivity contribution in [1.29, 1.82) is 0 Å². The molecule has 1 aliphatic rings. The van der Waals surface area contributed by atoms with Crippen LogP contribution in [0, 0.1) is 6.92 Å². The van der Waals surface area contributed by atoms with Crippen LogP contribution in [0.1, 0.15) is 28.9 Å². The molecule has 0 aliphatic carbocycles. The van der Waals surface area contributed by atoms with Gasteiger partial charge in [0.05, 0.1) is 23.1 Å². The number of likely N-dealkylation sites (tertiary alicyclic amines) is 1. The van der Waals surface area contributed by atoms with Gasteiger partial charge in [-0.15, -0.1) is 0 Å². The van der Waals surface area contributed by atoms with Crippen LogP contribution in [0.2, 0.25) is 0 Å². The molecule has 0 saturated carbocycles. The average molecular weight is 299 g/mol. The van der Waals surface area contributed by atoms with Crippen molar-refractivity contribution in [1.82, 2.24) is 14.7 Å². The van der Waals surface area contributed by atoms with E-state index in [0.717, 1.165) is 5.69 Å². The second kappa shape index (κ2) is 5.63. The van der Waals surface area contributed by atoms with Gasteiger partial charge in [0.2, 0.25) is 0 Å². The number of carboxylic acid groups (broad SMARTS) is 1. The van der Waals surface area contributed by atoms with E-state index in [0.29, 0.717) is 30.6 Å². The lowest BCUT2D eigenvalue weighted by molar-refractivity contribution is -0.141. The molecule has 0 bridgehead atoms. The van der Waals surface area contributed by atoms with Crippen molar-refractivity contribution >= 4 is 11.9 Å². The predicted molar refractivity (Wildman–Crippen MR) is 80.0 cm³/mol. The Balaban J connectivity index is 1.91. The van der Waals surface area contributed by atoms with Crippen molar-refractivity contribution in [3.8, 4) is 5.69 Å². The Bertz CT molecular complexity index is 709. The van der Waals surface area contributed by atoms with E-state index in [-0.39, 0.29) is 5.91 Å². The largest absolute Gasteiger partial charge is 0.480 e. The van der Waals surface area contributed by atoms with Gasteiger partial charge in [-0.3, -0.25) is 4.79 Å². The van der Waals surface area contributed by atoms with Crippen molar-refractivity contribution in [2.45, 2.75) is 25.8 Å². The summed E-state index contributed by atoms with van der Waals surface area (Å²) in [6.07, 6.45) is 2.74. The van der Waals surface area contributed by atoms with E-state index < -0.39 is 12.0 Å². The van der Waals surface area contributed by atoms with Crippen LogP contribution in [0.25, 0.3) is 5.69 Å². The first kappa shape index (κ1) is 14.3. The first-order valence-corrected chi connectivity index (χ1v) is 7.23. The Morgan fingerprint density at radius 3 is 2.68 bits per heavy atom. The summed E-state index contributed by atoms with van der Waals surface area (Å²) in [4.78, 5) is 25.3. The molecule has 1 saturated heterocycles. The number of rotatable bonds is 3. The highest BCUT2D eigenvalue weighted by Crippen LogP contribution is 2.22. The molecular formula is C16H17N3O3. The number of aliphatic carboxylic acids is 1. The van der Waals surface area contributed by atoms with E-state index in [1.165, 1.54) is 11.1 Å². The smallest absolute Gasteiger partial charge is 0.326 e. The number of hydrogen-bond donors (Lipinski definition) is 1. The standard InChI is InChI=1S/C16H17N3O3/c1-11-13(10-17-19(11)12-6-3-2-4-7-12)15(20)18-9-5-8-14(18)16(21)22/h2-4,6-7,10,14H,5,8-9H2,1H3,(H,21,22)/t14-/m0/s1. The Kier molecular flexibility index (Phi) is 3.66.